The van der Waals surface area contributed by atoms with Gasteiger partial charge in [0.1, 0.15) is 13.2 Å². The summed E-state index contributed by atoms with van der Waals surface area (Å²) >= 11 is 0. The summed E-state index contributed by atoms with van der Waals surface area (Å²) in [7, 11) is -3.79. The highest BCUT2D eigenvalue weighted by Gasteiger charge is 2.18. The second-order valence-electron chi connectivity index (χ2n) is 5.56. The van der Waals surface area contributed by atoms with Crippen LogP contribution in [0.4, 0.5) is 0 Å². The zero-order valence-electron chi connectivity index (χ0n) is 13.9. The number of esters is 1. The smallest absolute Gasteiger partial charge is 0.321 e. The lowest BCUT2D eigenvalue weighted by molar-refractivity contribution is -0.143. The highest BCUT2D eigenvalue weighted by molar-refractivity contribution is 7.89. The summed E-state index contributed by atoms with van der Waals surface area (Å²) in [5, 5.41) is 8.72. The van der Waals surface area contributed by atoms with Crippen LogP contribution in [-0.2, 0) is 26.2 Å². The molecule has 6 nitrogen and oxygen atoms in total. The van der Waals surface area contributed by atoms with E-state index in [-0.39, 0.29) is 11.5 Å². The van der Waals surface area contributed by atoms with Crippen LogP contribution in [0.2, 0.25) is 0 Å². The lowest BCUT2D eigenvalue weighted by Gasteiger charge is -2.10. The van der Waals surface area contributed by atoms with Crippen molar-refractivity contribution in [1.29, 1.82) is 5.26 Å². The fraction of sp³-hybridized carbons (Fsp3) is 0.222. The van der Waals surface area contributed by atoms with E-state index in [4.69, 9.17) is 10.00 Å². The van der Waals surface area contributed by atoms with E-state index in [2.05, 4.69) is 4.72 Å². The number of benzene rings is 2. The Morgan fingerprint density at radius 1 is 1.16 bits per heavy atom. The Morgan fingerprint density at radius 2 is 1.84 bits per heavy atom. The average molecular weight is 358 g/mol. The lowest BCUT2D eigenvalue weighted by Crippen LogP contribution is -2.31. The summed E-state index contributed by atoms with van der Waals surface area (Å²) < 4.78 is 31.9. The number of nitriles is 1. The molecule has 0 saturated carbocycles. The first-order chi connectivity index (χ1) is 11.8. The lowest BCUT2D eigenvalue weighted by atomic mass is 10.2. The molecule has 0 atom stereocenters. The van der Waals surface area contributed by atoms with Gasteiger partial charge in [0.25, 0.3) is 0 Å². The van der Waals surface area contributed by atoms with Crippen LogP contribution in [-0.4, -0.2) is 20.9 Å². The second-order valence-corrected chi connectivity index (χ2v) is 7.30. The largest absolute Gasteiger partial charge is 0.460 e. The first-order valence-electron chi connectivity index (χ1n) is 7.53. The van der Waals surface area contributed by atoms with Crippen molar-refractivity contribution in [2.45, 2.75) is 25.3 Å². The van der Waals surface area contributed by atoms with Gasteiger partial charge in [-0.25, -0.2) is 8.42 Å². The molecule has 2 aromatic carbocycles. The summed E-state index contributed by atoms with van der Waals surface area (Å²) in [6.07, 6.45) is 0. The molecule has 0 heterocycles. The van der Waals surface area contributed by atoms with Gasteiger partial charge in [-0.1, -0.05) is 24.3 Å². The minimum absolute atomic E-state index is 0.00967. The molecule has 1 N–H and O–H groups in total. The normalized spacial score (nSPS) is 10.9. The summed E-state index contributed by atoms with van der Waals surface area (Å²) in [6, 6.07) is 13.7. The number of hydrogen-bond donors (Lipinski definition) is 1. The standard InChI is InChI=1S/C18H18N2O4S/c1-13-3-4-14(2)17(9-13)25(22,23)20-11-18(21)24-12-16-7-5-15(10-19)6-8-16/h3-9,20H,11-12H2,1-2H3. The first kappa shape index (κ1) is 18.6. The molecule has 0 radical (unpaired) electrons. The number of nitrogens with zero attached hydrogens (tertiary/aromatic N) is 1. The van der Waals surface area contributed by atoms with Gasteiger partial charge < -0.3 is 4.74 Å². The number of aryl methyl sites for hydroxylation is 2. The van der Waals surface area contributed by atoms with Crippen LogP contribution in [0.15, 0.2) is 47.4 Å². The van der Waals surface area contributed by atoms with Crippen LogP contribution in [0.3, 0.4) is 0 Å². The molecule has 0 saturated heterocycles. The van der Waals surface area contributed by atoms with Crippen LogP contribution in [0.5, 0.6) is 0 Å². The predicted molar refractivity (Wildman–Crippen MR) is 92.1 cm³/mol. The fourth-order valence-corrected chi connectivity index (χ4v) is 3.42. The van der Waals surface area contributed by atoms with Crippen molar-refractivity contribution >= 4 is 16.0 Å². The number of ether oxygens (including phenoxy) is 1. The van der Waals surface area contributed by atoms with Gasteiger partial charge in [-0.2, -0.15) is 9.98 Å². The Balaban J connectivity index is 1.92. The van der Waals surface area contributed by atoms with Crippen molar-refractivity contribution in [3.05, 3.63) is 64.7 Å². The molecule has 0 aliphatic carbocycles. The molecule has 2 aromatic rings. The van der Waals surface area contributed by atoms with Crippen LogP contribution >= 0.6 is 0 Å². The van der Waals surface area contributed by atoms with Crippen LogP contribution in [0, 0.1) is 25.2 Å². The van der Waals surface area contributed by atoms with E-state index in [9.17, 15) is 13.2 Å². The van der Waals surface area contributed by atoms with E-state index in [1.807, 2.05) is 12.1 Å². The Hall–Kier alpha value is -2.69. The third-order valence-electron chi connectivity index (χ3n) is 3.52. The molecule has 0 spiro atoms. The fourth-order valence-electron chi connectivity index (χ4n) is 2.12. The Morgan fingerprint density at radius 3 is 2.48 bits per heavy atom. The van der Waals surface area contributed by atoms with Crippen molar-refractivity contribution in [2.75, 3.05) is 6.54 Å². The van der Waals surface area contributed by atoms with E-state index in [1.54, 1.807) is 50.2 Å². The highest BCUT2D eigenvalue weighted by atomic mass is 32.2. The molecule has 0 aliphatic rings. The predicted octanol–water partition coefficient (Wildman–Crippen LogP) is 2.20. The Bertz CT molecular complexity index is 913. The van der Waals surface area contributed by atoms with Crippen molar-refractivity contribution in [3.8, 4) is 6.07 Å². The number of carbonyl (C=O) groups excluding carboxylic acids is 1. The van der Waals surface area contributed by atoms with Gasteiger partial charge in [0, 0.05) is 0 Å². The zero-order valence-corrected chi connectivity index (χ0v) is 14.8. The van der Waals surface area contributed by atoms with Crippen LogP contribution < -0.4 is 4.72 Å². The Kier molecular flexibility index (Phi) is 5.91. The maximum atomic E-state index is 12.3. The van der Waals surface area contributed by atoms with Gasteiger partial charge in [-0.05, 0) is 48.7 Å². The van der Waals surface area contributed by atoms with Crippen molar-refractivity contribution < 1.29 is 17.9 Å². The molecule has 0 unspecified atom stereocenters. The van der Waals surface area contributed by atoms with Gasteiger partial charge in [0.2, 0.25) is 10.0 Å². The molecule has 130 valence electrons. The van der Waals surface area contributed by atoms with E-state index in [1.165, 1.54) is 0 Å². The third-order valence-corrected chi connectivity index (χ3v) is 5.07. The highest BCUT2D eigenvalue weighted by Crippen LogP contribution is 2.16. The number of hydrogen-bond acceptors (Lipinski definition) is 5. The molecule has 25 heavy (non-hydrogen) atoms. The topological polar surface area (TPSA) is 96.3 Å². The maximum Gasteiger partial charge on any atom is 0.321 e. The first-order valence-corrected chi connectivity index (χ1v) is 9.02. The third kappa shape index (κ3) is 5.14. The minimum Gasteiger partial charge on any atom is -0.460 e. The van der Waals surface area contributed by atoms with Crippen molar-refractivity contribution in [2.24, 2.45) is 0 Å². The maximum absolute atomic E-state index is 12.3. The molecule has 2 rings (SSSR count). The number of rotatable bonds is 6. The van der Waals surface area contributed by atoms with E-state index < -0.39 is 22.5 Å². The average Bonchev–Trinajstić information content (AvgIpc) is 2.60. The van der Waals surface area contributed by atoms with E-state index >= 15 is 0 Å². The zero-order chi connectivity index (χ0) is 18.4. The van der Waals surface area contributed by atoms with Crippen LogP contribution in [0.1, 0.15) is 22.3 Å². The number of nitrogens with one attached hydrogen (secondary N) is 1. The summed E-state index contributed by atoms with van der Waals surface area (Å²) in [6.45, 7) is 3.04. The van der Waals surface area contributed by atoms with Crippen LogP contribution in [0.25, 0.3) is 0 Å². The second kappa shape index (κ2) is 7.92. The van der Waals surface area contributed by atoms with Gasteiger partial charge in [-0.3, -0.25) is 4.79 Å². The quantitative estimate of drug-likeness (QED) is 0.799. The Labute approximate surface area is 147 Å². The summed E-state index contributed by atoms with van der Waals surface area (Å²) in [4.78, 5) is 11.9. The molecule has 0 amide bonds. The molecule has 0 bridgehead atoms. The molecule has 7 heteroatoms. The summed E-state index contributed by atoms with van der Waals surface area (Å²) in [5.74, 6) is -0.682. The van der Waals surface area contributed by atoms with Gasteiger partial charge in [0.05, 0.1) is 16.5 Å². The van der Waals surface area contributed by atoms with E-state index in [0.29, 0.717) is 16.7 Å². The van der Waals surface area contributed by atoms with Crippen molar-refractivity contribution in [3.63, 3.8) is 0 Å². The monoisotopic (exact) mass is 358 g/mol. The van der Waals surface area contributed by atoms with E-state index in [0.717, 1.165) is 5.56 Å². The van der Waals surface area contributed by atoms with Gasteiger partial charge in [-0.15, -0.1) is 0 Å². The number of sulfonamides is 1. The summed E-state index contributed by atoms with van der Waals surface area (Å²) in [5.41, 5.74) is 2.64. The van der Waals surface area contributed by atoms with Gasteiger partial charge in [0.15, 0.2) is 0 Å². The number of carbonyl (C=O) groups is 1. The molecule has 0 fully saturated rings. The minimum atomic E-state index is -3.79. The molecule has 0 aliphatic heterocycles. The molecule has 0 aromatic heterocycles. The molecular weight excluding hydrogens is 340 g/mol. The van der Waals surface area contributed by atoms with Gasteiger partial charge >= 0.3 is 5.97 Å². The van der Waals surface area contributed by atoms with Crippen molar-refractivity contribution in [1.82, 2.24) is 4.72 Å². The SMILES string of the molecule is Cc1ccc(C)c(S(=O)(=O)NCC(=O)OCc2ccc(C#N)cc2)c1. The molecular formula is C18H18N2O4S.